The molecule has 1 aromatic rings. The van der Waals surface area contributed by atoms with Crippen LogP contribution >= 0.6 is 11.6 Å². The summed E-state index contributed by atoms with van der Waals surface area (Å²) in [6, 6.07) is 3.36. The van der Waals surface area contributed by atoms with Crippen LogP contribution < -0.4 is 0 Å². The van der Waals surface area contributed by atoms with Gasteiger partial charge in [0, 0.05) is 5.56 Å². The van der Waals surface area contributed by atoms with Crippen molar-refractivity contribution in [3.05, 3.63) is 28.3 Å². The number of aliphatic carboxylic acids is 1. The number of carboxylic acids is 1. The van der Waals surface area contributed by atoms with Crippen molar-refractivity contribution < 1.29 is 15.0 Å². The van der Waals surface area contributed by atoms with Crippen LogP contribution in [-0.4, -0.2) is 16.2 Å². The zero-order valence-corrected chi connectivity index (χ0v) is 10.4. The third kappa shape index (κ3) is 1.78. The second kappa shape index (κ2) is 4.22. The highest BCUT2D eigenvalue weighted by Gasteiger charge is 2.45. The van der Waals surface area contributed by atoms with E-state index in [-0.39, 0.29) is 10.8 Å². The van der Waals surface area contributed by atoms with Gasteiger partial charge in [-0.15, -0.1) is 0 Å². The second-order valence-corrected chi connectivity index (χ2v) is 5.09. The van der Waals surface area contributed by atoms with Crippen LogP contribution in [0.25, 0.3) is 0 Å². The lowest BCUT2D eigenvalue weighted by Crippen LogP contribution is -2.33. The number of hydrogen-bond donors (Lipinski definition) is 2. The van der Waals surface area contributed by atoms with E-state index in [9.17, 15) is 15.0 Å². The van der Waals surface area contributed by atoms with Gasteiger partial charge in [-0.25, -0.2) is 0 Å². The zero-order chi connectivity index (χ0) is 12.6. The van der Waals surface area contributed by atoms with Gasteiger partial charge in [-0.05, 0) is 31.4 Å². The van der Waals surface area contributed by atoms with E-state index in [1.54, 1.807) is 12.1 Å². The molecular formula is C13H15ClO3. The molecule has 0 spiro atoms. The van der Waals surface area contributed by atoms with Crippen molar-refractivity contribution in [3.63, 3.8) is 0 Å². The Hall–Kier alpha value is -1.22. The van der Waals surface area contributed by atoms with Gasteiger partial charge in [0.2, 0.25) is 0 Å². The number of carboxylic acid groups (broad SMARTS) is 1. The number of hydrogen-bond acceptors (Lipinski definition) is 2. The van der Waals surface area contributed by atoms with Crippen molar-refractivity contribution in [2.75, 3.05) is 0 Å². The highest BCUT2D eigenvalue weighted by Crippen LogP contribution is 2.47. The molecule has 1 saturated carbocycles. The average Bonchev–Trinajstić information content (AvgIpc) is 2.74. The molecule has 17 heavy (non-hydrogen) atoms. The predicted molar refractivity (Wildman–Crippen MR) is 65.6 cm³/mol. The Bertz CT molecular complexity index is 462. The van der Waals surface area contributed by atoms with Gasteiger partial charge in [-0.2, -0.15) is 0 Å². The first-order valence-corrected chi connectivity index (χ1v) is 6.09. The van der Waals surface area contributed by atoms with E-state index < -0.39 is 11.4 Å². The molecule has 0 aliphatic heterocycles. The van der Waals surface area contributed by atoms with Crippen LogP contribution in [0, 0.1) is 6.92 Å². The van der Waals surface area contributed by atoms with Gasteiger partial charge in [-0.3, -0.25) is 4.79 Å². The third-order valence-corrected chi connectivity index (χ3v) is 3.99. The van der Waals surface area contributed by atoms with Gasteiger partial charge >= 0.3 is 5.97 Å². The van der Waals surface area contributed by atoms with Crippen LogP contribution in [0.5, 0.6) is 5.75 Å². The van der Waals surface area contributed by atoms with Crippen LogP contribution in [0.3, 0.4) is 0 Å². The standard InChI is InChI=1S/C13H15ClO3/c1-8-4-5-9(14)11(15)10(8)13(12(16)17)6-2-3-7-13/h4-5,15H,2-3,6-7H2,1H3,(H,16,17). The monoisotopic (exact) mass is 254 g/mol. The molecule has 0 unspecified atom stereocenters. The number of halogens is 1. The number of aromatic hydroxyl groups is 1. The van der Waals surface area contributed by atoms with Gasteiger partial charge in [0.1, 0.15) is 5.75 Å². The van der Waals surface area contributed by atoms with Gasteiger partial charge in [-0.1, -0.05) is 30.5 Å². The van der Waals surface area contributed by atoms with E-state index in [1.807, 2.05) is 6.92 Å². The number of benzene rings is 1. The van der Waals surface area contributed by atoms with E-state index in [0.29, 0.717) is 18.4 Å². The van der Waals surface area contributed by atoms with Gasteiger partial charge in [0.25, 0.3) is 0 Å². The van der Waals surface area contributed by atoms with Gasteiger partial charge in [0.15, 0.2) is 0 Å². The first-order chi connectivity index (χ1) is 7.99. The summed E-state index contributed by atoms with van der Waals surface area (Å²) in [6.07, 6.45) is 2.88. The van der Waals surface area contributed by atoms with Crippen molar-refractivity contribution in [2.24, 2.45) is 0 Å². The number of phenols is 1. The van der Waals surface area contributed by atoms with E-state index in [1.165, 1.54) is 0 Å². The summed E-state index contributed by atoms with van der Waals surface area (Å²) in [7, 11) is 0. The third-order valence-electron chi connectivity index (χ3n) is 3.68. The summed E-state index contributed by atoms with van der Waals surface area (Å²) in [5, 5.41) is 19.8. The molecule has 4 heteroatoms. The number of rotatable bonds is 2. The number of carbonyl (C=O) groups is 1. The predicted octanol–water partition coefficient (Wildman–Crippen LogP) is 3.25. The van der Waals surface area contributed by atoms with Crippen molar-refractivity contribution in [1.82, 2.24) is 0 Å². The first kappa shape index (κ1) is 12.2. The zero-order valence-electron chi connectivity index (χ0n) is 9.66. The molecule has 0 aromatic heterocycles. The molecule has 1 fully saturated rings. The topological polar surface area (TPSA) is 57.5 Å². The van der Waals surface area contributed by atoms with Crippen molar-refractivity contribution in [3.8, 4) is 5.75 Å². The van der Waals surface area contributed by atoms with Crippen molar-refractivity contribution in [2.45, 2.75) is 38.0 Å². The Balaban J connectivity index is 2.66. The lowest BCUT2D eigenvalue weighted by Gasteiger charge is -2.27. The molecule has 1 aromatic carbocycles. The average molecular weight is 255 g/mol. The molecule has 0 heterocycles. The maximum Gasteiger partial charge on any atom is 0.314 e. The molecule has 1 aliphatic rings. The van der Waals surface area contributed by atoms with Gasteiger partial charge in [0.05, 0.1) is 10.4 Å². The van der Waals surface area contributed by atoms with Crippen LogP contribution in [0.2, 0.25) is 5.02 Å². The first-order valence-electron chi connectivity index (χ1n) is 5.71. The molecule has 0 atom stereocenters. The Labute approximate surface area is 105 Å². The molecule has 2 N–H and O–H groups in total. The molecular weight excluding hydrogens is 240 g/mol. The molecule has 1 aliphatic carbocycles. The normalized spacial score (nSPS) is 18.2. The minimum Gasteiger partial charge on any atom is -0.506 e. The summed E-state index contributed by atoms with van der Waals surface area (Å²) >= 11 is 5.89. The molecule has 2 rings (SSSR count). The maximum atomic E-state index is 11.6. The fraction of sp³-hybridized carbons (Fsp3) is 0.462. The molecule has 0 bridgehead atoms. The fourth-order valence-corrected chi connectivity index (χ4v) is 2.98. The highest BCUT2D eigenvalue weighted by atomic mass is 35.5. The SMILES string of the molecule is Cc1ccc(Cl)c(O)c1C1(C(=O)O)CCCC1. The summed E-state index contributed by atoms with van der Waals surface area (Å²) in [5.41, 5.74) is 0.324. The fourth-order valence-electron chi connectivity index (χ4n) is 2.82. The van der Waals surface area contributed by atoms with E-state index in [2.05, 4.69) is 0 Å². The molecule has 92 valence electrons. The smallest absolute Gasteiger partial charge is 0.314 e. The van der Waals surface area contributed by atoms with Crippen LogP contribution in [0.15, 0.2) is 12.1 Å². The Morgan fingerprint density at radius 2 is 1.94 bits per heavy atom. The summed E-state index contributed by atoms with van der Waals surface area (Å²) in [4.78, 5) is 11.6. The molecule has 0 amide bonds. The van der Waals surface area contributed by atoms with E-state index in [0.717, 1.165) is 18.4 Å². The Morgan fingerprint density at radius 1 is 1.35 bits per heavy atom. The van der Waals surface area contributed by atoms with Crippen molar-refractivity contribution in [1.29, 1.82) is 0 Å². The summed E-state index contributed by atoms with van der Waals surface area (Å²) in [6.45, 7) is 1.81. The Morgan fingerprint density at radius 3 is 2.47 bits per heavy atom. The minimum atomic E-state index is -0.959. The van der Waals surface area contributed by atoms with Crippen LogP contribution in [0.1, 0.15) is 36.8 Å². The van der Waals surface area contributed by atoms with Crippen LogP contribution in [0.4, 0.5) is 0 Å². The summed E-state index contributed by atoms with van der Waals surface area (Å²) < 4.78 is 0. The number of phenolic OH excluding ortho intramolecular Hbond substituents is 1. The molecule has 0 radical (unpaired) electrons. The second-order valence-electron chi connectivity index (χ2n) is 4.68. The molecule has 0 saturated heterocycles. The lowest BCUT2D eigenvalue weighted by molar-refractivity contribution is -0.143. The Kier molecular flexibility index (Phi) is 3.04. The quantitative estimate of drug-likeness (QED) is 0.852. The molecule has 3 nitrogen and oxygen atoms in total. The largest absolute Gasteiger partial charge is 0.506 e. The van der Waals surface area contributed by atoms with Gasteiger partial charge < -0.3 is 10.2 Å². The van der Waals surface area contributed by atoms with Crippen LogP contribution in [-0.2, 0) is 10.2 Å². The van der Waals surface area contributed by atoms with E-state index in [4.69, 9.17) is 11.6 Å². The maximum absolute atomic E-state index is 11.6. The number of aryl methyl sites for hydroxylation is 1. The highest BCUT2D eigenvalue weighted by molar-refractivity contribution is 6.32. The minimum absolute atomic E-state index is 0.0732. The van der Waals surface area contributed by atoms with Crippen molar-refractivity contribution >= 4 is 17.6 Å². The summed E-state index contributed by atoms with van der Waals surface area (Å²) in [5.74, 6) is -0.938. The van der Waals surface area contributed by atoms with E-state index >= 15 is 0 Å². The lowest BCUT2D eigenvalue weighted by atomic mass is 9.76.